The van der Waals surface area contributed by atoms with E-state index in [-0.39, 0.29) is 11.6 Å². The van der Waals surface area contributed by atoms with E-state index in [0.717, 1.165) is 5.69 Å². The zero-order valence-electron chi connectivity index (χ0n) is 16.4. The summed E-state index contributed by atoms with van der Waals surface area (Å²) in [5, 5.41) is 2.75. The van der Waals surface area contributed by atoms with Gasteiger partial charge in [-0.05, 0) is 36.4 Å². The normalized spacial score (nSPS) is 10.2. The van der Waals surface area contributed by atoms with Crippen LogP contribution in [-0.4, -0.2) is 38.1 Å². The van der Waals surface area contributed by atoms with Crippen molar-refractivity contribution in [2.45, 2.75) is 0 Å². The smallest absolute Gasteiger partial charge is 0.274 e. The number of benzene rings is 2. The molecule has 0 saturated carbocycles. The predicted octanol–water partition coefficient (Wildman–Crippen LogP) is 3.63. The highest BCUT2D eigenvalue weighted by molar-refractivity contribution is 6.09. The number of pyridine rings is 1. The highest BCUT2D eigenvalue weighted by Crippen LogP contribution is 2.29. The highest BCUT2D eigenvalue weighted by Gasteiger charge is 2.17. The van der Waals surface area contributed by atoms with Gasteiger partial charge in [-0.2, -0.15) is 0 Å². The molecule has 7 nitrogen and oxygen atoms in total. The number of anilines is 2. The molecule has 0 saturated heterocycles. The van der Waals surface area contributed by atoms with Crippen molar-refractivity contribution < 1.29 is 19.1 Å². The molecule has 3 aromatic rings. The summed E-state index contributed by atoms with van der Waals surface area (Å²) >= 11 is 0. The topological polar surface area (TPSA) is 80.8 Å². The molecule has 3 rings (SSSR count). The van der Waals surface area contributed by atoms with Crippen molar-refractivity contribution in [2.75, 3.05) is 31.5 Å². The first kappa shape index (κ1) is 19.9. The van der Waals surface area contributed by atoms with Crippen LogP contribution in [0, 0.1) is 0 Å². The van der Waals surface area contributed by atoms with Crippen LogP contribution in [-0.2, 0) is 0 Å². The lowest BCUT2D eigenvalue weighted by molar-refractivity contribution is 0.0993. The van der Waals surface area contributed by atoms with Gasteiger partial charge in [0.1, 0.15) is 17.2 Å². The molecule has 148 valence electrons. The molecule has 2 aromatic carbocycles. The summed E-state index contributed by atoms with van der Waals surface area (Å²) < 4.78 is 10.5. The van der Waals surface area contributed by atoms with Gasteiger partial charge in [0.2, 0.25) is 0 Å². The number of nitrogens with zero attached hydrogens (tertiary/aromatic N) is 2. The van der Waals surface area contributed by atoms with E-state index in [0.29, 0.717) is 22.7 Å². The zero-order valence-corrected chi connectivity index (χ0v) is 16.4. The maximum Gasteiger partial charge on any atom is 0.274 e. The van der Waals surface area contributed by atoms with Crippen molar-refractivity contribution in [1.29, 1.82) is 0 Å². The molecule has 0 radical (unpaired) electrons. The molecule has 1 heterocycles. The Morgan fingerprint density at radius 1 is 0.966 bits per heavy atom. The van der Waals surface area contributed by atoms with E-state index in [1.165, 1.54) is 31.4 Å². The van der Waals surface area contributed by atoms with Crippen molar-refractivity contribution in [2.24, 2.45) is 0 Å². The number of carbonyl (C=O) groups is 2. The Kier molecular flexibility index (Phi) is 6.09. The Hall–Kier alpha value is -3.87. The number of methoxy groups -OCH3 is 2. The summed E-state index contributed by atoms with van der Waals surface area (Å²) in [6, 6.07) is 17.4. The van der Waals surface area contributed by atoms with E-state index >= 15 is 0 Å². The maximum atomic E-state index is 12.8. The molecule has 1 aromatic heterocycles. The summed E-state index contributed by atoms with van der Waals surface area (Å²) in [5.74, 6) is 0.345. The molecule has 0 spiro atoms. The Labute approximate surface area is 168 Å². The monoisotopic (exact) mass is 391 g/mol. The van der Waals surface area contributed by atoms with Crippen LogP contribution >= 0.6 is 0 Å². The molecule has 0 fully saturated rings. The van der Waals surface area contributed by atoms with Gasteiger partial charge >= 0.3 is 0 Å². The minimum absolute atomic E-state index is 0.113. The van der Waals surface area contributed by atoms with Crippen molar-refractivity contribution >= 4 is 23.2 Å². The first-order chi connectivity index (χ1) is 14.0. The van der Waals surface area contributed by atoms with E-state index in [4.69, 9.17) is 9.47 Å². The molecule has 0 atom stereocenters. The minimum Gasteiger partial charge on any atom is -0.497 e. The van der Waals surface area contributed by atoms with E-state index in [9.17, 15) is 9.59 Å². The molecule has 29 heavy (non-hydrogen) atoms. The Morgan fingerprint density at radius 3 is 2.41 bits per heavy atom. The van der Waals surface area contributed by atoms with Crippen LogP contribution < -0.4 is 19.7 Å². The Bertz CT molecular complexity index is 1020. The Balaban J connectivity index is 1.82. The minimum atomic E-state index is -0.464. The zero-order chi connectivity index (χ0) is 20.8. The average molecular weight is 391 g/mol. The fourth-order valence-corrected chi connectivity index (χ4v) is 2.75. The highest BCUT2D eigenvalue weighted by atomic mass is 16.5. The second-order valence-corrected chi connectivity index (χ2v) is 6.15. The number of amides is 2. The van der Waals surface area contributed by atoms with E-state index in [2.05, 4.69) is 10.3 Å². The quantitative estimate of drug-likeness (QED) is 0.694. The lowest BCUT2D eigenvalue weighted by atomic mass is 10.1. The second kappa shape index (κ2) is 8.88. The van der Waals surface area contributed by atoms with Crippen LogP contribution in [0.1, 0.15) is 20.8 Å². The number of hydrogen-bond acceptors (Lipinski definition) is 5. The van der Waals surface area contributed by atoms with Crippen molar-refractivity contribution in [1.82, 2.24) is 4.98 Å². The molecular formula is C22H21N3O4. The third kappa shape index (κ3) is 4.52. The van der Waals surface area contributed by atoms with Gasteiger partial charge in [0.25, 0.3) is 11.8 Å². The lowest BCUT2D eigenvalue weighted by Gasteiger charge is -2.17. The molecule has 0 bridgehead atoms. The van der Waals surface area contributed by atoms with E-state index < -0.39 is 5.91 Å². The largest absolute Gasteiger partial charge is 0.497 e. The molecule has 0 aliphatic heterocycles. The molecular weight excluding hydrogens is 370 g/mol. The lowest BCUT2D eigenvalue weighted by Crippen LogP contribution is -2.26. The maximum absolute atomic E-state index is 12.8. The van der Waals surface area contributed by atoms with Gasteiger partial charge in [-0.1, -0.05) is 18.2 Å². The number of carbonyl (C=O) groups excluding carboxylic acids is 2. The van der Waals surface area contributed by atoms with Gasteiger partial charge in [0.05, 0.1) is 19.9 Å². The van der Waals surface area contributed by atoms with Gasteiger partial charge in [0.15, 0.2) is 0 Å². The fourth-order valence-electron chi connectivity index (χ4n) is 2.75. The summed E-state index contributed by atoms with van der Waals surface area (Å²) in [5.41, 5.74) is 1.66. The van der Waals surface area contributed by atoms with Crippen molar-refractivity contribution in [3.05, 3.63) is 78.1 Å². The summed E-state index contributed by atoms with van der Waals surface area (Å²) in [6.07, 6.45) is 1.43. The standard InChI is InChI=1S/C22H21N3O4/c1-25(16-7-5-4-6-8-16)22(27)15-11-12-23-19(13-15)21(26)24-18-14-17(28-2)9-10-20(18)29-3/h4-14H,1-3H3,(H,24,26). The van der Waals surface area contributed by atoms with Gasteiger partial charge in [-0.15, -0.1) is 0 Å². The third-order valence-electron chi connectivity index (χ3n) is 4.34. The first-order valence-corrected chi connectivity index (χ1v) is 8.86. The number of ether oxygens (including phenoxy) is 2. The van der Waals surface area contributed by atoms with E-state index in [1.54, 1.807) is 31.3 Å². The molecule has 0 aliphatic rings. The van der Waals surface area contributed by atoms with Crippen LogP contribution in [0.2, 0.25) is 0 Å². The fraction of sp³-hybridized carbons (Fsp3) is 0.136. The molecule has 7 heteroatoms. The van der Waals surface area contributed by atoms with Gasteiger partial charge < -0.3 is 19.7 Å². The van der Waals surface area contributed by atoms with Crippen LogP contribution in [0.5, 0.6) is 11.5 Å². The first-order valence-electron chi connectivity index (χ1n) is 8.86. The van der Waals surface area contributed by atoms with E-state index in [1.807, 2.05) is 30.3 Å². The third-order valence-corrected chi connectivity index (χ3v) is 4.34. The Morgan fingerprint density at radius 2 is 1.72 bits per heavy atom. The average Bonchev–Trinajstić information content (AvgIpc) is 2.78. The van der Waals surface area contributed by atoms with Crippen LogP contribution in [0.4, 0.5) is 11.4 Å². The number of hydrogen-bond donors (Lipinski definition) is 1. The number of rotatable bonds is 6. The predicted molar refractivity (Wildman–Crippen MR) is 111 cm³/mol. The van der Waals surface area contributed by atoms with Crippen LogP contribution in [0.3, 0.4) is 0 Å². The van der Waals surface area contributed by atoms with Crippen LogP contribution in [0.15, 0.2) is 66.9 Å². The van der Waals surface area contributed by atoms with Crippen LogP contribution in [0.25, 0.3) is 0 Å². The number of aromatic nitrogens is 1. The summed E-state index contributed by atoms with van der Waals surface area (Å²) in [4.78, 5) is 31.1. The molecule has 1 N–H and O–H groups in total. The molecule has 0 unspecified atom stereocenters. The van der Waals surface area contributed by atoms with Crippen molar-refractivity contribution in [3.63, 3.8) is 0 Å². The van der Waals surface area contributed by atoms with Gasteiger partial charge in [-0.25, -0.2) is 0 Å². The number of nitrogens with one attached hydrogen (secondary N) is 1. The summed E-state index contributed by atoms with van der Waals surface area (Å²) in [7, 11) is 4.72. The van der Waals surface area contributed by atoms with Gasteiger partial charge in [0, 0.05) is 30.6 Å². The molecule has 0 aliphatic carbocycles. The summed E-state index contributed by atoms with van der Waals surface area (Å²) in [6.45, 7) is 0. The molecule has 2 amide bonds. The van der Waals surface area contributed by atoms with Crippen molar-refractivity contribution in [3.8, 4) is 11.5 Å². The SMILES string of the molecule is COc1ccc(OC)c(NC(=O)c2cc(C(=O)N(C)c3ccccc3)ccn2)c1. The number of para-hydroxylation sites is 1. The van der Waals surface area contributed by atoms with Gasteiger partial charge in [-0.3, -0.25) is 14.6 Å². The second-order valence-electron chi connectivity index (χ2n) is 6.15.